The Labute approximate surface area is 70.2 Å². The third kappa shape index (κ3) is 2.41. The zero-order valence-electron chi connectivity index (χ0n) is 6.73. The highest BCUT2D eigenvalue weighted by atomic mass is 16.2. The van der Waals surface area contributed by atoms with Gasteiger partial charge in [0.2, 0.25) is 5.91 Å². The molecule has 1 amide bonds. The first-order chi connectivity index (χ1) is 5.84. The molecule has 1 fully saturated rings. The molecule has 66 valence electrons. The molecular weight excluding hydrogens is 158 g/mol. The summed E-state index contributed by atoms with van der Waals surface area (Å²) >= 11 is 0. The predicted molar refractivity (Wildman–Crippen MR) is 43.5 cm³/mol. The first-order valence-electron chi connectivity index (χ1n) is 3.84. The van der Waals surface area contributed by atoms with Crippen LogP contribution in [0.15, 0.2) is 5.11 Å². The number of nitrogens with one attached hydrogen (secondary N) is 1. The second-order valence-corrected chi connectivity index (χ2v) is 2.52. The highest BCUT2D eigenvalue weighted by Gasteiger charge is 2.14. The van der Waals surface area contributed by atoms with Gasteiger partial charge in [-0.15, -0.1) is 0 Å². The van der Waals surface area contributed by atoms with Crippen LogP contribution in [0, 0.1) is 0 Å². The lowest BCUT2D eigenvalue weighted by atomic mass is 10.3. The van der Waals surface area contributed by atoms with Crippen LogP contribution in [-0.4, -0.2) is 43.5 Å². The fourth-order valence-corrected chi connectivity index (χ4v) is 1.11. The van der Waals surface area contributed by atoms with Crippen molar-refractivity contribution in [2.24, 2.45) is 5.11 Å². The Morgan fingerprint density at radius 3 is 2.83 bits per heavy atom. The molecule has 0 aromatic rings. The summed E-state index contributed by atoms with van der Waals surface area (Å²) in [4.78, 5) is 15.4. The van der Waals surface area contributed by atoms with Gasteiger partial charge in [0.1, 0.15) is 6.54 Å². The van der Waals surface area contributed by atoms with Gasteiger partial charge in [0, 0.05) is 31.1 Å². The fourth-order valence-electron chi connectivity index (χ4n) is 1.11. The smallest absolute Gasteiger partial charge is 0.228 e. The summed E-state index contributed by atoms with van der Waals surface area (Å²) in [5.41, 5.74) is 7.99. The first kappa shape index (κ1) is 8.83. The summed E-state index contributed by atoms with van der Waals surface area (Å²) in [6.45, 7) is 3.00. The Kier molecular flexibility index (Phi) is 3.37. The van der Waals surface area contributed by atoms with E-state index in [-0.39, 0.29) is 12.5 Å². The number of carbonyl (C=O) groups excluding carboxylic acids is 1. The molecular formula is C6H11N5O. The SMILES string of the molecule is [N-]=[N+]=NCC(=O)N1CCNCC1. The molecule has 1 aliphatic heterocycles. The molecule has 1 rings (SSSR count). The average Bonchev–Trinajstić information content (AvgIpc) is 2.15. The maximum absolute atomic E-state index is 11.2. The van der Waals surface area contributed by atoms with Gasteiger partial charge in [0.15, 0.2) is 0 Å². The van der Waals surface area contributed by atoms with Crippen molar-refractivity contribution in [3.8, 4) is 0 Å². The lowest BCUT2D eigenvalue weighted by molar-refractivity contribution is -0.130. The minimum atomic E-state index is -0.0886. The molecule has 0 atom stereocenters. The van der Waals surface area contributed by atoms with E-state index in [0.29, 0.717) is 13.1 Å². The standard InChI is InChI=1S/C6H11N5O/c7-10-9-5-6(12)11-3-1-8-2-4-11/h8H,1-5H2. The molecule has 12 heavy (non-hydrogen) atoms. The summed E-state index contributed by atoms with van der Waals surface area (Å²) < 4.78 is 0. The third-order valence-corrected chi connectivity index (χ3v) is 1.74. The minimum absolute atomic E-state index is 0.0590. The fraction of sp³-hybridized carbons (Fsp3) is 0.833. The zero-order valence-corrected chi connectivity index (χ0v) is 6.73. The molecule has 1 saturated heterocycles. The monoisotopic (exact) mass is 169 g/mol. The average molecular weight is 169 g/mol. The Morgan fingerprint density at radius 1 is 1.58 bits per heavy atom. The largest absolute Gasteiger partial charge is 0.340 e. The molecule has 1 heterocycles. The zero-order chi connectivity index (χ0) is 8.81. The predicted octanol–water partition coefficient (Wildman–Crippen LogP) is -0.272. The Bertz CT molecular complexity index is 204. The number of hydrogen-bond donors (Lipinski definition) is 1. The second kappa shape index (κ2) is 4.58. The third-order valence-electron chi connectivity index (χ3n) is 1.74. The highest BCUT2D eigenvalue weighted by molar-refractivity contribution is 5.78. The van der Waals surface area contributed by atoms with E-state index in [1.807, 2.05) is 0 Å². The number of carbonyl (C=O) groups is 1. The maximum atomic E-state index is 11.2. The van der Waals surface area contributed by atoms with Crippen LogP contribution in [0.5, 0.6) is 0 Å². The van der Waals surface area contributed by atoms with Crippen LogP contribution in [0.3, 0.4) is 0 Å². The van der Waals surface area contributed by atoms with Crippen LogP contribution in [0.4, 0.5) is 0 Å². The van der Waals surface area contributed by atoms with Crippen molar-refractivity contribution < 1.29 is 4.79 Å². The normalized spacial score (nSPS) is 16.8. The molecule has 0 radical (unpaired) electrons. The molecule has 0 saturated carbocycles. The van der Waals surface area contributed by atoms with E-state index in [0.717, 1.165) is 13.1 Å². The van der Waals surface area contributed by atoms with Crippen LogP contribution in [-0.2, 0) is 4.79 Å². The molecule has 6 heteroatoms. The summed E-state index contributed by atoms with van der Waals surface area (Å²) in [6, 6.07) is 0. The number of nitrogens with zero attached hydrogens (tertiary/aromatic N) is 4. The molecule has 0 aromatic carbocycles. The van der Waals surface area contributed by atoms with Gasteiger partial charge < -0.3 is 10.2 Å². The van der Waals surface area contributed by atoms with E-state index < -0.39 is 0 Å². The number of piperazine rings is 1. The quantitative estimate of drug-likeness (QED) is 0.350. The molecule has 1 N–H and O–H groups in total. The van der Waals surface area contributed by atoms with E-state index in [1.165, 1.54) is 0 Å². The topological polar surface area (TPSA) is 81.1 Å². The van der Waals surface area contributed by atoms with Crippen molar-refractivity contribution in [1.82, 2.24) is 10.2 Å². The summed E-state index contributed by atoms with van der Waals surface area (Å²) in [7, 11) is 0. The molecule has 0 unspecified atom stereocenters. The summed E-state index contributed by atoms with van der Waals surface area (Å²) in [5, 5.41) is 6.34. The minimum Gasteiger partial charge on any atom is -0.340 e. The van der Waals surface area contributed by atoms with Crippen molar-refractivity contribution in [2.75, 3.05) is 32.7 Å². The second-order valence-electron chi connectivity index (χ2n) is 2.52. The number of rotatable bonds is 2. The van der Waals surface area contributed by atoms with Gasteiger partial charge in [-0.2, -0.15) is 0 Å². The van der Waals surface area contributed by atoms with Gasteiger partial charge in [-0.05, 0) is 5.53 Å². The Balaban J connectivity index is 2.34. The van der Waals surface area contributed by atoms with Crippen LogP contribution >= 0.6 is 0 Å². The summed E-state index contributed by atoms with van der Waals surface area (Å²) in [6.07, 6.45) is 0. The number of amides is 1. The van der Waals surface area contributed by atoms with Crippen molar-refractivity contribution in [3.63, 3.8) is 0 Å². The number of hydrogen-bond acceptors (Lipinski definition) is 3. The first-order valence-corrected chi connectivity index (χ1v) is 3.84. The summed E-state index contributed by atoms with van der Waals surface area (Å²) in [5.74, 6) is -0.0886. The van der Waals surface area contributed by atoms with Gasteiger partial charge >= 0.3 is 0 Å². The molecule has 0 spiro atoms. The van der Waals surface area contributed by atoms with Gasteiger partial charge in [0.05, 0.1) is 0 Å². The van der Waals surface area contributed by atoms with E-state index in [4.69, 9.17) is 5.53 Å². The van der Waals surface area contributed by atoms with Gasteiger partial charge in [-0.25, -0.2) is 0 Å². The Morgan fingerprint density at radius 2 is 2.25 bits per heavy atom. The van der Waals surface area contributed by atoms with E-state index >= 15 is 0 Å². The van der Waals surface area contributed by atoms with Crippen LogP contribution < -0.4 is 5.32 Å². The molecule has 0 aliphatic carbocycles. The van der Waals surface area contributed by atoms with Gasteiger partial charge in [0.25, 0.3) is 0 Å². The molecule has 0 bridgehead atoms. The van der Waals surface area contributed by atoms with Crippen molar-refractivity contribution in [1.29, 1.82) is 0 Å². The van der Waals surface area contributed by atoms with Crippen molar-refractivity contribution >= 4 is 5.91 Å². The van der Waals surface area contributed by atoms with E-state index in [9.17, 15) is 4.79 Å². The lowest BCUT2D eigenvalue weighted by Crippen LogP contribution is -2.47. The highest BCUT2D eigenvalue weighted by Crippen LogP contribution is 1.93. The lowest BCUT2D eigenvalue weighted by Gasteiger charge is -2.26. The Hall–Kier alpha value is -1.26. The molecule has 1 aliphatic rings. The van der Waals surface area contributed by atoms with E-state index in [1.54, 1.807) is 4.90 Å². The van der Waals surface area contributed by atoms with Crippen LogP contribution in [0.25, 0.3) is 10.4 Å². The van der Waals surface area contributed by atoms with Crippen molar-refractivity contribution in [3.05, 3.63) is 10.4 Å². The van der Waals surface area contributed by atoms with Crippen LogP contribution in [0.2, 0.25) is 0 Å². The maximum Gasteiger partial charge on any atom is 0.228 e. The van der Waals surface area contributed by atoms with Crippen LogP contribution in [0.1, 0.15) is 0 Å². The molecule has 0 aromatic heterocycles. The van der Waals surface area contributed by atoms with Gasteiger partial charge in [-0.1, -0.05) is 5.11 Å². The number of azide groups is 1. The van der Waals surface area contributed by atoms with E-state index in [2.05, 4.69) is 15.3 Å². The molecule has 6 nitrogen and oxygen atoms in total. The van der Waals surface area contributed by atoms with Gasteiger partial charge in [-0.3, -0.25) is 4.79 Å². The van der Waals surface area contributed by atoms with Crippen molar-refractivity contribution in [2.45, 2.75) is 0 Å².